The molecule has 0 unspecified atom stereocenters. The van der Waals surface area contributed by atoms with Crippen LogP contribution in [0.4, 0.5) is 5.69 Å². The number of allylic oxidation sites excluding steroid dienone is 1. The third-order valence-corrected chi connectivity index (χ3v) is 7.36. The number of nitrogens with zero attached hydrogens (tertiary/aromatic N) is 4. The van der Waals surface area contributed by atoms with Gasteiger partial charge in [-0.1, -0.05) is 35.6 Å². The third kappa shape index (κ3) is 3.90. The maximum atomic E-state index is 13.6. The SMILES string of the molecule is CC1=C(C(=O)Nc2ccccc2)[C@@H](c2cccs2)n2c(s/c(=C/c3cn(C)nc3C)c2=O)=N1. The van der Waals surface area contributed by atoms with Gasteiger partial charge in [-0.15, -0.1) is 11.3 Å². The van der Waals surface area contributed by atoms with Crippen LogP contribution < -0.4 is 20.2 Å². The molecule has 1 N–H and O–H groups in total. The first-order valence-electron chi connectivity index (χ1n) is 10.3. The molecule has 0 bridgehead atoms. The van der Waals surface area contributed by atoms with E-state index in [1.54, 1.807) is 9.25 Å². The number of benzene rings is 1. The number of hydrogen-bond acceptors (Lipinski definition) is 6. The zero-order valence-corrected chi connectivity index (χ0v) is 19.9. The first kappa shape index (κ1) is 21.3. The summed E-state index contributed by atoms with van der Waals surface area (Å²) in [5.74, 6) is -0.266. The van der Waals surface area contributed by atoms with Crippen molar-refractivity contribution in [2.45, 2.75) is 19.9 Å². The van der Waals surface area contributed by atoms with Gasteiger partial charge in [-0.3, -0.25) is 18.8 Å². The normalized spacial score (nSPS) is 16.0. The van der Waals surface area contributed by atoms with Gasteiger partial charge in [0.05, 0.1) is 21.5 Å². The van der Waals surface area contributed by atoms with Crippen LogP contribution in [-0.2, 0) is 11.8 Å². The molecule has 33 heavy (non-hydrogen) atoms. The molecule has 4 heterocycles. The van der Waals surface area contributed by atoms with E-state index in [1.165, 1.54) is 22.7 Å². The van der Waals surface area contributed by atoms with Gasteiger partial charge in [-0.2, -0.15) is 5.10 Å². The first-order chi connectivity index (χ1) is 15.9. The van der Waals surface area contributed by atoms with Crippen molar-refractivity contribution in [3.63, 3.8) is 0 Å². The summed E-state index contributed by atoms with van der Waals surface area (Å²) < 4.78 is 3.92. The number of amides is 1. The zero-order chi connectivity index (χ0) is 23.1. The van der Waals surface area contributed by atoms with E-state index < -0.39 is 6.04 Å². The fourth-order valence-corrected chi connectivity index (χ4v) is 5.81. The Morgan fingerprint density at radius 1 is 1.15 bits per heavy atom. The van der Waals surface area contributed by atoms with Crippen LogP contribution in [0.15, 0.2) is 75.1 Å². The van der Waals surface area contributed by atoms with Crippen LogP contribution >= 0.6 is 22.7 Å². The number of thiazole rings is 1. The molecule has 1 amide bonds. The largest absolute Gasteiger partial charge is 0.322 e. The van der Waals surface area contributed by atoms with Gasteiger partial charge in [-0.05, 0) is 43.5 Å². The van der Waals surface area contributed by atoms with Crippen LogP contribution in [0.3, 0.4) is 0 Å². The molecular formula is C24H21N5O2S2. The molecule has 0 fully saturated rings. The number of aromatic nitrogens is 3. The van der Waals surface area contributed by atoms with Crippen molar-refractivity contribution in [1.82, 2.24) is 14.3 Å². The third-order valence-electron chi connectivity index (χ3n) is 5.45. The number of thiophene rings is 1. The Balaban J connectivity index is 1.66. The number of carbonyl (C=O) groups is 1. The quantitative estimate of drug-likeness (QED) is 0.493. The van der Waals surface area contributed by atoms with Crippen molar-refractivity contribution in [1.29, 1.82) is 0 Å². The predicted octanol–water partition coefficient (Wildman–Crippen LogP) is 2.98. The Bertz CT molecular complexity index is 1560. The zero-order valence-electron chi connectivity index (χ0n) is 18.3. The van der Waals surface area contributed by atoms with Crippen LogP contribution in [0.2, 0.25) is 0 Å². The lowest BCUT2D eigenvalue weighted by atomic mass is 10.0. The minimum atomic E-state index is -0.540. The number of carbonyl (C=O) groups excluding carboxylic acids is 1. The van der Waals surface area contributed by atoms with Crippen molar-refractivity contribution in [3.8, 4) is 0 Å². The minimum absolute atomic E-state index is 0.169. The van der Waals surface area contributed by atoms with E-state index in [9.17, 15) is 9.59 Å². The Morgan fingerprint density at radius 3 is 2.61 bits per heavy atom. The van der Waals surface area contributed by atoms with Crippen LogP contribution in [0.1, 0.15) is 29.1 Å². The smallest absolute Gasteiger partial charge is 0.271 e. The number of para-hydroxylation sites is 1. The predicted molar refractivity (Wildman–Crippen MR) is 131 cm³/mol. The average molecular weight is 476 g/mol. The molecule has 0 saturated carbocycles. The monoisotopic (exact) mass is 475 g/mol. The molecule has 0 spiro atoms. The molecule has 5 rings (SSSR count). The highest BCUT2D eigenvalue weighted by Gasteiger charge is 2.33. The van der Waals surface area contributed by atoms with Crippen molar-refractivity contribution in [2.24, 2.45) is 12.0 Å². The number of hydrogen-bond donors (Lipinski definition) is 1. The Kier molecular flexibility index (Phi) is 5.43. The molecule has 3 aromatic heterocycles. The second kappa shape index (κ2) is 8.42. The number of nitrogens with one attached hydrogen (secondary N) is 1. The van der Waals surface area contributed by atoms with Gasteiger partial charge in [0.15, 0.2) is 4.80 Å². The van der Waals surface area contributed by atoms with E-state index in [-0.39, 0.29) is 11.5 Å². The van der Waals surface area contributed by atoms with E-state index in [0.29, 0.717) is 26.3 Å². The summed E-state index contributed by atoms with van der Waals surface area (Å²) in [5.41, 5.74) is 3.32. The molecule has 1 aromatic carbocycles. The van der Waals surface area contributed by atoms with E-state index >= 15 is 0 Å². The summed E-state index contributed by atoms with van der Waals surface area (Å²) in [5, 5.41) is 9.27. The van der Waals surface area contributed by atoms with Gasteiger partial charge in [0, 0.05) is 29.4 Å². The standard InChI is InChI=1S/C24H21N5O2S2/c1-14-16(13-28(3)27-14)12-19-23(31)29-21(18-10-7-11-32-18)20(15(2)25-24(29)33-19)22(30)26-17-8-5-4-6-9-17/h4-13,21H,1-3H3,(H,26,30)/b19-12+/t21-/m1/s1. The second-order valence-electron chi connectivity index (χ2n) is 7.76. The number of aryl methyl sites for hydroxylation is 2. The molecule has 4 aromatic rings. The van der Waals surface area contributed by atoms with Crippen molar-refractivity contribution >= 4 is 40.3 Å². The van der Waals surface area contributed by atoms with Gasteiger partial charge in [0.2, 0.25) is 0 Å². The molecular weight excluding hydrogens is 454 g/mol. The lowest BCUT2D eigenvalue weighted by molar-refractivity contribution is -0.113. The lowest BCUT2D eigenvalue weighted by Crippen LogP contribution is -2.40. The summed E-state index contributed by atoms with van der Waals surface area (Å²) in [6.07, 6.45) is 3.73. The Labute approximate surface area is 197 Å². The summed E-state index contributed by atoms with van der Waals surface area (Å²) in [6.45, 7) is 3.73. The topological polar surface area (TPSA) is 81.3 Å². The van der Waals surface area contributed by atoms with Crippen LogP contribution in [0, 0.1) is 6.92 Å². The number of fused-ring (bicyclic) bond motifs is 1. The van der Waals surface area contributed by atoms with Crippen LogP contribution in [-0.4, -0.2) is 20.3 Å². The molecule has 0 radical (unpaired) electrons. The molecule has 7 nitrogen and oxygen atoms in total. The maximum absolute atomic E-state index is 13.6. The summed E-state index contributed by atoms with van der Waals surface area (Å²) in [6, 6.07) is 12.6. The molecule has 1 aliphatic heterocycles. The number of rotatable bonds is 4. The maximum Gasteiger partial charge on any atom is 0.271 e. The summed E-state index contributed by atoms with van der Waals surface area (Å²) in [4.78, 5) is 33.1. The van der Waals surface area contributed by atoms with Crippen molar-refractivity contribution in [2.75, 3.05) is 5.32 Å². The van der Waals surface area contributed by atoms with Gasteiger partial charge >= 0.3 is 0 Å². The van der Waals surface area contributed by atoms with Gasteiger partial charge in [-0.25, -0.2) is 4.99 Å². The van der Waals surface area contributed by atoms with E-state index in [2.05, 4.69) is 15.4 Å². The molecule has 9 heteroatoms. The Hall–Kier alpha value is -3.56. The van der Waals surface area contributed by atoms with Gasteiger partial charge in [0.25, 0.3) is 11.5 Å². The highest BCUT2D eigenvalue weighted by atomic mass is 32.1. The minimum Gasteiger partial charge on any atom is -0.322 e. The van der Waals surface area contributed by atoms with Crippen molar-refractivity contribution < 1.29 is 4.79 Å². The molecule has 1 aliphatic rings. The molecule has 0 saturated heterocycles. The fraction of sp³-hybridized carbons (Fsp3) is 0.167. The molecule has 166 valence electrons. The lowest BCUT2D eigenvalue weighted by Gasteiger charge is -2.24. The van der Waals surface area contributed by atoms with Gasteiger partial charge in [0.1, 0.15) is 6.04 Å². The van der Waals surface area contributed by atoms with E-state index in [1.807, 2.05) is 81.0 Å². The van der Waals surface area contributed by atoms with Crippen molar-refractivity contribution in [3.05, 3.63) is 101 Å². The summed E-state index contributed by atoms with van der Waals surface area (Å²) >= 11 is 2.84. The second-order valence-corrected chi connectivity index (χ2v) is 9.75. The van der Waals surface area contributed by atoms with E-state index in [0.717, 1.165) is 16.1 Å². The van der Waals surface area contributed by atoms with E-state index in [4.69, 9.17) is 0 Å². The van der Waals surface area contributed by atoms with Crippen LogP contribution in [0.25, 0.3) is 6.08 Å². The molecule has 0 aliphatic carbocycles. The van der Waals surface area contributed by atoms with Crippen LogP contribution in [0.5, 0.6) is 0 Å². The summed E-state index contributed by atoms with van der Waals surface area (Å²) in [7, 11) is 1.85. The Morgan fingerprint density at radius 2 is 1.94 bits per heavy atom. The molecule has 1 atom stereocenters. The fourth-order valence-electron chi connectivity index (χ4n) is 3.95. The highest BCUT2D eigenvalue weighted by Crippen LogP contribution is 2.33. The number of anilines is 1. The highest BCUT2D eigenvalue weighted by molar-refractivity contribution is 7.10. The first-order valence-corrected chi connectivity index (χ1v) is 12.0. The van der Waals surface area contributed by atoms with Gasteiger partial charge < -0.3 is 5.32 Å². The average Bonchev–Trinajstić information content (AvgIpc) is 3.49.